The van der Waals surface area contributed by atoms with Crippen LogP contribution in [0.1, 0.15) is 0 Å². The van der Waals surface area contributed by atoms with Crippen LogP contribution in [0.5, 0.6) is 0 Å². The molecule has 0 saturated heterocycles. The molecule has 5 nitrogen and oxygen atoms in total. The summed E-state index contributed by atoms with van der Waals surface area (Å²) in [6, 6.07) is 13.1. The monoisotopic (exact) mass is 331 g/mol. The molecular formula is C15H11Cl2N5. The lowest BCUT2D eigenvalue weighted by Gasteiger charge is -2.09. The summed E-state index contributed by atoms with van der Waals surface area (Å²) in [6.45, 7) is 0. The molecule has 0 aliphatic heterocycles. The van der Waals surface area contributed by atoms with Crippen LogP contribution in [0.2, 0.25) is 10.0 Å². The second-order valence-corrected chi connectivity index (χ2v) is 5.40. The lowest BCUT2D eigenvalue weighted by atomic mass is 10.0. The maximum Gasteiger partial charge on any atom is 0.192 e. The maximum atomic E-state index is 6.14. The van der Waals surface area contributed by atoms with Crippen LogP contribution in [0.15, 0.2) is 47.5 Å². The number of halogens is 2. The third kappa shape index (κ3) is 2.68. The normalized spacial score (nSPS) is 10.6. The van der Waals surface area contributed by atoms with Crippen LogP contribution in [0.4, 0.5) is 5.82 Å². The van der Waals surface area contributed by atoms with Gasteiger partial charge in [0.05, 0.1) is 10.0 Å². The molecule has 0 atom stereocenters. The number of aliphatic imine (C=N–C) groups is 1. The SMILES string of the molecule is NC(N)=Nc1nnc(-c2ccccc2)c2cc(Cl)c(Cl)cc12. The van der Waals surface area contributed by atoms with E-state index in [1.54, 1.807) is 12.1 Å². The largest absolute Gasteiger partial charge is 0.370 e. The lowest BCUT2D eigenvalue weighted by molar-refractivity contribution is 1.05. The number of hydrogen-bond acceptors (Lipinski definition) is 3. The van der Waals surface area contributed by atoms with Gasteiger partial charge in [-0.3, -0.25) is 0 Å². The van der Waals surface area contributed by atoms with Gasteiger partial charge in [-0.25, -0.2) is 0 Å². The summed E-state index contributed by atoms with van der Waals surface area (Å²) in [5, 5.41) is 10.6. The number of benzene rings is 2. The Hall–Kier alpha value is -2.37. The van der Waals surface area contributed by atoms with E-state index >= 15 is 0 Å². The predicted octanol–water partition coefficient (Wildman–Crippen LogP) is 3.51. The Bertz CT molecular complexity index is 874. The van der Waals surface area contributed by atoms with Crippen LogP contribution >= 0.6 is 23.2 Å². The molecule has 1 heterocycles. The van der Waals surface area contributed by atoms with E-state index in [-0.39, 0.29) is 5.96 Å². The van der Waals surface area contributed by atoms with Gasteiger partial charge in [-0.05, 0) is 12.1 Å². The Morgan fingerprint density at radius 1 is 0.909 bits per heavy atom. The smallest absolute Gasteiger partial charge is 0.192 e. The molecule has 0 bridgehead atoms. The van der Waals surface area contributed by atoms with Crippen molar-refractivity contribution in [1.29, 1.82) is 0 Å². The number of nitrogens with zero attached hydrogens (tertiary/aromatic N) is 3. The first-order valence-electron chi connectivity index (χ1n) is 6.37. The molecule has 0 spiro atoms. The van der Waals surface area contributed by atoms with Gasteiger partial charge in [-0.2, -0.15) is 4.99 Å². The second kappa shape index (κ2) is 5.79. The fourth-order valence-corrected chi connectivity index (χ4v) is 2.47. The van der Waals surface area contributed by atoms with Gasteiger partial charge in [-0.15, -0.1) is 10.2 Å². The summed E-state index contributed by atoms with van der Waals surface area (Å²) in [6.07, 6.45) is 0. The number of rotatable bonds is 2. The van der Waals surface area contributed by atoms with Crippen molar-refractivity contribution in [1.82, 2.24) is 10.2 Å². The van der Waals surface area contributed by atoms with Gasteiger partial charge in [-0.1, -0.05) is 53.5 Å². The molecule has 0 radical (unpaired) electrons. The average molecular weight is 332 g/mol. The predicted molar refractivity (Wildman–Crippen MR) is 90.5 cm³/mol. The van der Waals surface area contributed by atoms with E-state index in [2.05, 4.69) is 15.2 Å². The molecular weight excluding hydrogens is 321 g/mol. The fourth-order valence-electron chi connectivity index (χ4n) is 2.15. The first kappa shape index (κ1) is 14.6. The van der Waals surface area contributed by atoms with Crippen LogP contribution in [0, 0.1) is 0 Å². The van der Waals surface area contributed by atoms with Gasteiger partial charge < -0.3 is 11.5 Å². The summed E-state index contributed by atoms with van der Waals surface area (Å²) in [5.41, 5.74) is 12.5. The molecule has 2 aromatic carbocycles. The summed E-state index contributed by atoms with van der Waals surface area (Å²) in [4.78, 5) is 3.99. The minimum atomic E-state index is -0.103. The van der Waals surface area contributed by atoms with Crippen LogP contribution < -0.4 is 11.5 Å². The van der Waals surface area contributed by atoms with Gasteiger partial charge in [0, 0.05) is 16.3 Å². The third-order valence-corrected chi connectivity index (χ3v) is 3.81. The zero-order valence-electron chi connectivity index (χ0n) is 11.3. The quantitative estimate of drug-likeness (QED) is 0.555. The van der Waals surface area contributed by atoms with Crippen LogP contribution in [0.3, 0.4) is 0 Å². The first-order valence-corrected chi connectivity index (χ1v) is 7.12. The topological polar surface area (TPSA) is 90.2 Å². The summed E-state index contributed by atoms with van der Waals surface area (Å²) >= 11 is 12.2. The van der Waals surface area contributed by atoms with Crippen LogP contribution in [-0.2, 0) is 0 Å². The molecule has 0 aliphatic rings. The Morgan fingerprint density at radius 2 is 1.55 bits per heavy atom. The third-order valence-electron chi connectivity index (χ3n) is 3.08. The zero-order valence-corrected chi connectivity index (χ0v) is 12.8. The Kier molecular flexibility index (Phi) is 3.83. The second-order valence-electron chi connectivity index (χ2n) is 4.59. The van der Waals surface area contributed by atoms with E-state index in [4.69, 9.17) is 34.7 Å². The molecule has 1 aromatic heterocycles. The molecule has 3 rings (SSSR count). The van der Waals surface area contributed by atoms with Gasteiger partial charge in [0.1, 0.15) is 5.69 Å². The summed E-state index contributed by atoms with van der Waals surface area (Å²) in [7, 11) is 0. The van der Waals surface area contributed by atoms with E-state index in [0.717, 1.165) is 10.9 Å². The van der Waals surface area contributed by atoms with Crippen molar-refractivity contribution in [3.05, 3.63) is 52.5 Å². The molecule has 0 fully saturated rings. The van der Waals surface area contributed by atoms with Gasteiger partial charge >= 0.3 is 0 Å². The number of hydrogen-bond donors (Lipinski definition) is 2. The Morgan fingerprint density at radius 3 is 2.18 bits per heavy atom. The van der Waals surface area contributed by atoms with Crippen molar-refractivity contribution >= 4 is 45.8 Å². The highest BCUT2D eigenvalue weighted by Gasteiger charge is 2.13. The van der Waals surface area contributed by atoms with Gasteiger partial charge in [0.2, 0.25) is 0 Å². The molecule has 0 aliphatic carbocycles. The minimum Gasteiger partial charge on any atom is -0.370 e. The van der Waals surface area contributed by atoms with Gasteiger partial charge in [0.15, 0.2) is 11.8 Å². The van der Waals surface area contributed by atoms with Crippen molar-refractivity contribution in [3.8, 4) is 11.3 Å². The Labute approximate surface area is 136 Å². The highest BCUT2D eigenvalue weighted by Crippen LogP contribution is 2.36. The summed E-state index contributed by atoms with van der Waals surface area (Å²) < 4.78 is 0. The van der Waals surface area contributed by atoms with Gasteiger partial charge in [0.25, 0.3) is 0 Å². The highest BCUT2D eigenvalue weighted by atomic mass is 35.5. The van der Waals surface area contributed by atoms with E-state index in [0.29, 0.717) is 26.9 Å². The minimum absolute atomic E-state index is 0.103. The average Bonchev–Trinajstić information content (AvgIpc) is 2.50. The molecule has 0 amide bonds. The highest BCUT2D eigenvalue weighted by molar-refractivity contribution is 6.43. The lowest BCUT2D eigenvalue weighted by Crippen LogP contribution is -2.22. The number of nitrogens with two attached hydrogens (primary N) is 2. The molecule has 7 heteroatoms. The maximum absolute atomic E-state index is 6.14. The van der Waals surface area contributed by atoms with E-state index in [9.17, 15) is 0 Å². The first-order chi connectivity index (χ1) is 10.6. The van der Waals surface area contributed by atoms with Crippen LogP contribution in [0.25, 0.3) is 22.0 Å². The van der Waals surface area contributed by atoms with Crippen molar-refractivity contribution in [2.24, 2.45) is 16.5 Å². The molecule has 110 valence electrons. The van der Waals surface area contributed by atoms with Crippen molar-refractivity contribution < 1.29 is 0 Å². The molecule has 3 aromatic rings. The number of fused-ring (bicyclic) bond motifs is 1. The molecule has 22 heavy (non-hydrogen) atoms. The molecule has 4 N–H and O–H groups in total. The Balaban J connectivity index is 2.37. The molecule has 0 unspecified atom stereocenters. The van der Waals surface area contributed by atoms with Crippen LogP contribution in [-0.4, -0.2) is 16.2 Å². The summed E-state index contributed by atoms with van der Waals surface area (Å²) in [5.74, 6) is 0.197. The number of aromatic nitrogens is 2. The zero-order chi connectivity index (χ0) is 15.7. The van der Waals surface area contributed by atoms with E-state index in [1.165, 1.54) is 0 Å². The number of guanidine groups is 1. The van der Waals surface area contributed by atoms with Crippen molar-refractivity contribution in [3.63, 3.8) is 0 Å². The van der Waals surface area contributed by atoms with Crippen molar-refractivity contribution in [2.45, 2.75) is 0 Å². The fraction of sp³-hybridized carbons (Fsp3) is 0. The van der Waals surface area contributed by atoms with E-state index in [1.807, 2.05) is 30.3 Å². The standard InChI is InChI=1S/C15H11Cl2N5/c16-11-6-9-10(7-12(11)17)14(20-15(18)19)22-21-13(9)8-4-2-1-3-5-8/h1-7H,(H4,18,19,20,22). The van der Waals surface area contributed by atoms with Crippen molar-refractivity contribution in [2.75, 3.05) is 0 Å². The molecule has 0 saturated carbocycles. The van der Waals surface area contributed by atoms with E-state index < -0.39 is 0 Å².